The van der Waals surface area contributed by atoms with E-state index in [0.717, 1.165) is 12.8 Å². The maximum atomic E-state index is 10.3. The molecular formula is C7H14N2O2. The number of nitrogens with zero attached hydrogens (tertiary/aromatic N) is 2. The van der Waals surface area contributed by atoms with E-state index in [2.05, 4.69) is 0 Å². The Morgan fingerprint density at radius 3 is 1.55 bits per heavy atom. The number of hydrogen-bond donors (Lipinski definition) is 0. The van der Waals surface area contributed by atoms with Crippen LogP contribution in [0.1, 0.15) is 13.8 Å². The summed E-state index contributed by atoms with van der Waals surface area (Å²) in [6.07, 6.45) is 1.48. The van der Waals surface area contributed by atoms with Crippen LogP contribution >= 0.6 is 0 Å². The van der Waals surface area contributed by atoms with Gasteiger partial charge in [0.25, 0.3) is 0 Å². The average molecular weight is 158 g/mol. The third-order valence-corrected chi connectivity index (χ3v) is 1.47. The highest BCUT2D eigenvalue weighted by Crippen LogP contribution is 1.86. The average Bonchev–Trinajstić information content (AvgIpc) is 2.07. The molecule has 0 heterocycles. The molecule has 64 valence electrons. The van der Waals surface area contributed by atoms with E-state index >= 15 is 0 Å². The fourth-order valence-electron chi connectivity index (χ4n) is 0.649. The zero-order valence-corrected chi connectivity index (χ0v) is 6.99. The highest BCUT2D eigenvalue weighted by molar-refractivity contribution is 5.50. The number of hydrogen-bond acceptors (Lipinski definition) is 2. The third kappa shape index (κ3) is 3.60. The lowest BCUT2D eigenvalue weighted by Crippen LogP contribution is -2.36. The van der Waals surface area contributed by atoms with Crippen LogP contribution < -0.4 is 0 Å². The minimum Gasteiger partial charge on any atom is -0.328 e. The van der Waals surface area contributed by atoms with Crippen molar-refractivity contribution in [3.63, 3.8) is 0 Å². The van der Waals surface area contributed by atoms with Crippen molar-refractivity contribution in [3.8, 4) is 0 Å². The quantitative estimate of drug-likeness (QED) is 0.400. The fourth-order valence-corrected chi connectivity index (χ4v) is 0.649. The van der Waals surface area contributed by atoms with Crippen LogP contribution in [0.5, 0.6) is 0 Å². The Bertz CT molecular complexity index is 114. The Balaban J connectivity index is 3.76. The van der Waals surface area contributed by atoms with Crippen LogP contribution in [0.25, 0.3) is 0 Å². The number of amides is 2. The molecule has 11 heavy (non-hydrogen) atoms. The summed E-state index contributed by atoms with van der Waals surface area (Å²) in [6, 6.07) is 0. The van der Waals surface area contributed by atoms with Gasteiger partial charge in [-0.1, -0.05) is 0 Å². The van der Waals surface area contributed by atoms with E-state index in [9.17, 15) is 9.59 Å². The Labute approximate surface area is 66.8 Å². The van der Waals surface area contributed by atoms with Crippen molar-refractivity contribution < 1.29 is 9.59 Å². The summed E-state index contributed by atoms with van der Waals surface area (Å²) in [7, 11) is 0. The van der Waals surface area contributed by atoms with Crippen LogP contribution in [-0.4, -0.2) is 42.4 Å². The van der Waals surface area contributed by atoms with Crippen LogP contribution in [0.15, 0.2) is 0 Å². The van der Waals surface area contributed by atoms with Gasteiger partial charge in [-0.2, -0.15) is 0 Å². The molecule has 0 bridgehead atoms. The second kappa shape index (κ2) is 5.70. The molecule has 0 saturated carbocycles. The summed E-state index contributed by atoms with van der Waals surface area (Å²) >= 11 is 0. The molecule has 0 aromatic carbocycles. The molecule has 0 aromatic heterocycles. The van der Waals surface area contributed by atoms with Crippen LogP contribution in [0, 0.1) is 0 Å². The summed E-state index contributed by atoms with van der Waals surface area (Å²) in [4.78, 5) is 23.6. The summed E-state index contributed by atoms with van der Waals surface area (Å²) in [6.45, 7) is 5.39. The van der Waals surface area contributed by atoms with Crippen LogP contribution in [-0.2, 0) is 9.59 Å². The number of carbonyl (C=O) groups excluding carboxylic acids is 2. The van der Waals surface area contributed by atoms with Gasteiger partial charge in [-0.15, -0.1) is 0 Å². The predicted molar refractivity (Wildman–Crippen MR) is 41.8 cm³/mol. The highest BCUT2D eigenvalue weighted by Gasteiger charge is 2.02. The normalized spacial score (nSPS) is 8.91. The minimum absolute atomic E-state index is 0.389. The Hall–Kier alpha value is -1.06. The van der Waals surface area contributed by atoms with Gasteiger partial charge in [0.15, 0.2) is 0 Å². The standard InChI is InChI=1S/C7H14N2O2/c1-3-8(6-10)5-9(4-2)7-11/h6-7H,3-5H2,1-2H3. The van der Waals surface area contributed by atoms with E-state index in [1.165, 1.54) is 9.80 Å². The van der Waals surface area contributed by atoms with Gasteiger partial charge in [-0.25, -0.2) is 0 Å². The van der Waals surface area contributed by atoms with E-state index in [4.69, 9.17) is 0 Å². The lowest BCUT2D eigenvalue weighted by molar-refractivity contribution is -0.125. The molecule has 0 aliphatic rings. The zero-order chi connectivity index (χ0) is 8.69. The van der Waals surface area contributed by atoms with Crippen molar-refractivity contribution in [1.82, 2.24) is 9.80 Å². The molecule has 0 spiro atoms. The first-order valence-electron chi connectivity index (χ1n) is 3.67. The molecule has 0 saturated heterocycles. The van der Waals surface area contributed by atoms with Crippen molar-refractivity contribution in [3.05, 3.63) is 0 Å². The third-order valence-electron chi connectivity index (χ3n) is 1.47. The molecule has 0 rings (SSSR count). The molecule has 0 aliphatic carbocycles. The molecule has 2 amide bonds. The molecule has 0 unspecified atom stereocenters. The maximum absolute atomic E-state index is 10.3. The van der Waals surface area contributed by atoms with Gasteiger partial charge >= 0.3 is 0 Å². The Morgan fingerprint density at radius 1 is 1.00 bits per heavy atom. The van der Waals surface area contributed by atoms with E-state index in [0.29, 0.717) is 19.8 Å². The molecule has 0 N–H and O–H groups in total. The lowest BCUT2D eigenvalue weighted by atomic mass is 10.6. The molecule has 4 heteroatoms. The van der Waals surface area contributed by atoms with Gasteiger partial charge in [0, 0.05) is 13.1 Å². The van der Waals surface area contributed by atoms with Gasteiger partial charge in [0.1, 0.15) is 0 Å². The molecule has 4 nitrogen and oxygen atoms in total. The first-order valence-corrected chi connectivity index (χ1v) is 3.67. The van der Waals surface area contributed by atoms with Gasteiger partial charge in [0.05, 0.1) is 6.67 Å². The van der Waals surface area contributed by atoms with Crippen LogP contribution in [0.4, 0.5) is 0 Å². The van der Waals surface area contributed by atoms with Crippen molar-refractivity contribution >= 4 is 12.8 Å². The van der Waals surface area contributed by atoms with E-state index in [1.807, 2.05) is 13.8 Å². The van der Waals surface area contributed by atoms with Gasteiger partial charge < -0.3 is 9.80 Å². The van der Waals surface area contributed by atoms with Gasteiger partial charge in [-0.3, -0.25) is 9.59 Å². The molecular weight excluding hydrogens is 144 g/mol. The molecule has 0 fully saturated rings. The summed E-state index contributed by atoms with van der Waals surface area (Å²) in [5.41, 5.74) is 0. The summed E-state index contributed by atoms with van der Waals surface area (Å²) in [5, 5.41) is 0. The molecule has 0 aliphatic heterocycles. The van der Waals surface area contributed by atoms with Gasteiger partial charge in [0.2, 0.25) is 12.8 Å². The molecule has 0 atom stereocenters. The van der Waals surface area contributed by atoms with Crippen LogP contribution in [0.3, 0.4) is 0 Å². The molecule has 0 aromatic rings. The minimum atomic E-state index is 0.389. The SMILES string of the molecule is CCN(C=O)CN(C=O)CC. The fraction of sp³-hybridized carbons (Fsp3) is 0.714. The van der Waals surface area contributed by atoms with Crippen LogP contribution in [0.2, 0.25) is 0 Å². The smallest absolute Gasteiger partial charge is 0.211 e. The first-order chi connectivity index (χ1) is 5.28. The highest BCUT2D eigenvalue weighted by atomic mass is 16.1. The second-order valence-corrected chi connectivity index (χ2v) is 2.16. The lowest BCUT2D eigenvalue weighted by Gasteiger charge is -2.22. The maximum Gasteiger partial charge on any atom is 0.211 e. The summed E-state index contributed by atoms with van der Waals surface area (Å²) in [5.74, 6) is 0. The first kappa shape index (κ1) is 9.94. The largest absolute Gasteiger partial charge is 0.328 e. The predicted octanol–water partition coefficient (Wildman–Crippen LogP) is -0.0995. The summed E-state index contributed by atoms with van der Waals surface area (Å²) < 4.78 is 0. The monoisotopic (exact) mass is 158 g/mol. The van der Waals surface area contributed by atoms with Crippen molar-refractivity contribution in [2.45, 2.75) is 13.8 Å². The Kier molecular flexibility index (Phi) is 5.15. The topological polar surface area (TPSA) is 40.6 Å². The molecule has 0 radical (unpaired) electrons. The Morgan fingerprint density at radius 2 is 1.36 bits per heavy atom. The van der Waals surface area contributed by atoms with Crippen molar-refractivity contribution in [1.29, 1.82) is 0 Å². The van der Waals surface area contributed by atoms with Gasteiger partial charge in [-0.05, 0) is 13.8 Å². The van der Waals surface area contributed by atoms with E-state index < -0.39 is 0 Å². The van der Waals surface area contributed by atoms with E-state index in [-0.39, 0.29) is 0 Å². The van der Waals surface area contributed by atoms with Crippen molar-refractivity contribution in [2.75, 3.05) is 19.8 Å². The number of carbonyl (C=O) groups is 2. The number of rotatable bonds is 6. The zero-order valence-electron chi connectivity index (χ0n) is 6.99. The van der Waals surface area contributed by atoms with E-state index in [1.54, 1.807) is 0 Å². The second-order valence-electron chi connectivity index (χ2n) is 2.16. The van der Waals surface area contributed by atoms with Crippen molar-refractivity contribution in [2.24, 2.45) is 0 Å².